The summed E-state index contributed by atoms with van der Waals surface area (Å²) >= 11 is 0. The van der Waals surface area contributed by atoms with Crippen molar-refractivity contribution in [3.05, 3.63) is 10.1 Å². The zero-order valence-corrected chi connectivity index (χ0v) is 4.93. The molecule has 0 aliphatic heterocycles. The van der Waals surface area contributed by atoms with E-state index in [1.807, 2.05) is 0 Å². The van der Waals surface area contributed by atoms with Crippen molar-refractivity contribution in [1.29, 1.82) is 0 Å². The standard InChI is InChI=1S/C3H3F4NO3/c4-2(1-9,8(10)11)3(5,6)7/h9H,1H2. The zero-order chi connectivity index (χ0) is 9.28. The summed E-state index contributed by atoms with van der Waals surface area (Å²) in [6.07, 6.45) is -5.69. The molecule has 8 heteroatoms. The number of hydrogen-bond acceptors (Lipinski definition) is 3. The van der Waals surface area contributed by atoms with E-state index in [2.05, 4.69) is 0 Å². The lowest BCUT2D eigenvalue weighted by atomic mass is 10.3. The van der Waals surface area contributed by atoms with E-state index in [9.17, 15) is 27.7 Å². The average molecular weight is 177 g/mol. The number of aliphatic hydroxyl groups is 1. The molecule has 11 heavy (non-hydrogen) atoms. The Morgan fingerprint density at radius 3 is 1.73 bits per heavy atom. The largest absolute Gasteiger partial charge is 0.497 e. The Labute approximate surface area is 57.6 Å². The predicted octanol–water partition coefficient (Wildman–Crippen LogP) is 0.483. The molecule has 0 heterocycles. The Bertz CT molecular complexity index is 168. The smallest absolute Gasteiger partial charge is 0.385 e. The molecule has 0 saturated carbocycles. The maximum absolute atomic E-state index is 12.1. The molecule has 66 valence electrons. The minimum atomic E-state index is -5.69. The second kappa shape index (κ2) is 2.61. The number of hydrogen-bond donors (Lipinski definition) is 1. The molecule has 0 spiro atoms. The highest BCUT2D eigenvalue weighted by atomic mass is 19.4. The lowest BCUT2D eigenvalue weighted by Gasteiger charge is -2.16. The third-order valence-electron chi connectivity index (χ3n) is 0.933. The number of rotatable bonds is 2. The van der Waals surface area contributed by atoms with Crippen molar-refractivity contribution in [1.82, 2.24) is 0 Å². The Kier molecular flexibility index (Phi) is 2.39. The van der Waals surface area contributed by atoms with Crippen molar-refractivity contribution in [2.24, 2.45) is 0 Å². The maximum atomic E-state index is 12.1. The van der Waals surface area contributed by atoms with Gasteiger partial charge in [-0.15, -0.1) is 0 Å². The summed E-state index contributed by atoms with van der Waals surface area (Å²) < 4.78 is 46.2. The lowest BCUT2D eigenvalue weighted by Crippen LogP contribution is -2.50. The minimum absolute atomic E-state index is 2.22. The molecule has 0 aromatic carbocycles. The highest BCUT2D eigenvalue weighted by molar-refractivity contribution is 4.74. The van der Waals surface area contributed by atoms with E-state index in [0.29, 0.717) is 0 Å². The van der Waals surface area contributed by atoms with Crippen molar-refractivity contribution < 1.29 is 27.6 Å². The van der Waals surface area contributed by atoms with E-state index >= 15 is 0 Å². The molecule has 0 aliphatic rings. The van der Waals surface area contributed by atoms with Crippen LogP contribution < -0.4 is 0 Å². The SMILES string of the molecule is O=[N+]([O-])C(F)(CO)C(F)(F)F. The topological polar surface area (TPSA) is 63.4 Å². The molecule has 0 saturated heterocycles. The van der Waals surface area contributed by atoms with Gasteiger partial charge in [0, 0.05) is 0 Å². The van der Waals surface area contributed by atoms with Gasteiger partial charge in [0.05, 0.1) is 4.92 Å². The number of nitro groups is 1. The second-order valence-corrected chi connectivity index (χ2v) is 1.67. The molecular formula is C3H3F4NO3. The van der Waals surface area contributed by atoms with Crippen LogP contribution in [0, 0.1) is 10.1 Å². The van der Waals surface area contributed by atoms with Crippen LogP contribution in [-0.2, 0) is 0 Å². The summed E-state index contributed by atoms with van der Waals surface area (Å²) in [4.78, 5) is 7.23. The van der Waals surface area contributed by atoms with E-state index in [0.717, 1.165) is 0 Å². The van der Waals surface area contributed by atoms with E-state index in [-0.39, 0.29) is 0 Å². The number of alkyl halides is 4. The number of halogens is 4. The first-order valence-electron chi connectivity index (χ1n) is 2.26. The monoisotopic (exact) mass is 177 g/mol. The number of nitrogens with zero attached hydrogens (tertiary/aromatic N) is 1. The molecule has 1 atom stereocenters. The van der Waals surface area contributed by atoms with Crippen molar-refractivity contribution in [2.45, 2.75) is 12.0 Å². The first-order chi connectivity index (χ1) is 4.75. The summed E-state index contributed by atoms with van der Waals surface area (Å²) in [6, 6.07) is 0. The van der Waals surface area contributed by atoms with Gasteiger partial charge in [-0.1, -0.05) is 0 Å². The van der Waals surface area contributed by atoms with Gasteiger partial charge in [-0.05, 0) is 0 Å². The average Bonchev–Trinajstić information content (AvgIpc) is 1.83. The fraction of sp³-hybridized carbons (Fsp3) is 1.00. The van der Waals surface area contributed by atoms with Crippen molar-refractivity contribution >= 4 is 0 Å². The van der Waals surface area contributed by atoms with E-state index in [1.54, 1.807) is 0 Å². The highest BCUT2D eigenvalue weighted by Crippen LogP contribution is 2.33. The van der Waals surface area contributed by atoms with Gasteiger partial charge < -0.3 is 5.11 Å². The fourth-order valence-corrected chi connectivity index (χ4v) is 0.251. The molecule has 0 amide bonds. The zero-order valence-electron chi connectivity index (χ0n) is 4.93. The number of aliphatic hydroxyl groups excluding tert-OH is 1. The van der Waals surface area contributed by atoms with Crippen LogP contribution in [0.25, 0.3) is 0 Å². The van der Waals surface area contributed by atoms with Crippen molar-refractivity contribution in [3.63, 3.8) is 0 Å². The first kappa shape index (κ1) is 10.1. The van der Waals surface area contributed by atoms with Gasteiger partial charge >= 0.3 is 12.0 Å². The van der Waals surface area contributed by atoms with Gasteiger partial charge in [-0.25, -0.2) is 0 Å². The molecule has 0 fully saturated rings. The summed E-state index contributed by atoms with van der Waals surface area (Å²) in [6.45, 7) is -2.22. The second-order valence-electron chi connectivity index (χ2n) is 1.67. The minimum Gasteiger partial charge on any atom is -0.385 e. The summed E-state index contributed by atoms with van der Waals surface area (Å²) in [5.74, 6) is -4.74. The molecule has 0 radical (unpaired) electrons. The Balaban J connectivity index is 4.75. The van der Waals surface area contributed by atoms with Crippen LogP contribution in [0.4, 0.5) is 17.6 Å². The van der Waals surface area contributed by atoms with Crippen LogP contribution in [0.5, 0.6) is 0 Å². The highest BCUT2D eigenvalue weighted by Gasteiger charge is 2.67. The predicted molar refractivity (Wildman–Crippen MR) is 24.0 cm³/mol. The van der Waals surface area contributed by atoms with Gasteiger partial charge in [-0.3, -0.25) is 10.1 Å². The van der Waals surface area contributed by atoms with Gasteiger partial charge in [-0.2, -0.15) is 17.6 Å². The normalized spacial score (nSPS) is 17.5. The molecule has 0 aliphatic carbocycles. The third kappa shape index (κ3) is 1.56. The van der Waals surface area contributed by atoms with Gasteiger partial charge in [0.1, 0.15) is 0 Å². The van der Waals surface area contributed by atoms with Crippen LogP contribution in [0.1, 0.15) is 0 Å². The van der Waals surface area contributed by atoms with Gasteiger partial charge in [0.2, 0.25) is 0 Å². The molecule has 0 aromatic heterocycles. The molecule has 0 rings (SSSR count). The molecule has 1 N–H and O–H groups in total. The van der Waals surface area contributed by atoms with E-state index in [1.165, 1.54) is 0 Å². The Hall–Kier alpha value is -0.920. The van der Waals surface area contributed by atoms with E-state index < -0.39 is 23.5 Å². The third-order valence-corrected chi connectivity index (χ3v) is 0.933. The quantitative estimate of drug-likeness (QED) is 0.289. The summed E-state index contributed by atoms with van der Waals surface area (Å²) in [7, 11) is 0. The Morgan fingerprint density at radius 1 is 1.36 bits per heavy atom. The van der Waals surface area contributed by atoms with Crippen LogP contribution in [0.3, 0.4) is 0 Å². The maximum Gasteiger partial charge on any atom is 0.497 e. The molecule has 0 aromatic rings. The summed E-state index contributed by atoms with van der Waals surface area (Å²) in [5.41, 5.74) is 0. The van der Waals surface area contributed by atoms with Crippen molar-refractivity contribution in [3.8, 4) is 0 Å². The summed E-state index contributed by atoms with van der Waals surface area (Å²) in [5, 5.41) is 17.2. The lowest BCUT2D eigenvalue weighted by molar-refractivity contribution is -0.652. The van der Waals surface area contributed by atoms with Crippen molar-refractivity contribution in [2.75, 3.05) is 6.61 Å². The van der Waals surface area contributed by atoms with Crippen LogP contribution in [0.15, 0.2) is 0 Å². The molecular weight excluding hydrogens is 174 g/mol. The van der Waals surface area contributed by atoms with Crippen LogP contribution in [-0.4, -0.2) is 28.6 Å². The van der Waals surface area contributed by atoms with Gasteiger partial charge in [0.15, 0.2) is 6.61 Å². The van der Waals surface area contributed by atoms with Crippen LogP contribution in [0.2, 0.25) is 0 Å². The van der Waals surface area contributed by atoms with Gasteiger partial charge in [0.25, 0.3) is 0 Å². The molecule has 0 bridgehead atoms. The van der Waals surface area contributed by atoms with Crippen LogP contribution >= 0.6 is 0 Å². The molecule has 4 nitrogen and oxygen atoms in total. The first-order valence-corrected chi connectivity index (χ1v) is 2.26. The Morgan fingerprint density at radius 2 is 1.73 bits per heavy atom. The molecule has 1 unspecified atom stereocenters. The van der Waals surface area contributed by atoms with E-state index in [4.69, 9.17) is 5.11 Å². The fourth-order valence-electron chi connectivity index (χ4n) is 0.251.